The molecule has 0 aromatic heterocycles. The summed E-state index contributed by atoms with van der Waals surface area (Å²) in [5.74, 6) is 0. The van der Waals surface area contributed by atoms with Gasteiger partial charge in [-0.1, -0.05) is 72.3 Å². The molecule has 4 atom stereocenters. The van der Waals surface area contributed by atoms with Crippen LogP contribution in [0.4, 0.5) is 5.69 Å². The van der Waals surface area contributed by atoms with Gasteiger partial charge in [-0.05, 0) is 23.6 Å². The van der Waals surface area contributed by atoms with E-state index in [1.165, 1.54) is 11.1 Å². The molecule has 5 heteroatoms. The first kappa shape index (κ1) is 16.8. The van der Waals surface area contributed by atoms with Crippen molar-refractivity contribution in [2.75, 3.05) is 0 Å². The zero-order valence-electron chi connectivity index (χ0n) is 15.4. The Morgan fingerprint density at radius 1 is 0.857 bits per heavy atom. The van der Waals surface area contributed by atoms with Gasteiger partial charge in [-0.25, -0.2) is 0 Å². The van der Waals surface area contributed by atoms with Gasteiger partial charge in [0.2, 0.25) is 0 Å². The first-order chi connectivity index (χ1) is 13.6. The molecular weight excluding hydrogens is 350 g/mol. The molecule has 1 saturated heterocycles. The van der Waals surface area contributed by atoms with Gasteiger partial charge >= 0.3 is 0 Å². The molecule has 3 aromatic carbocycles. The van der Waals surface area contributed by atoms with Crippen LogP contribution in [0.25, 0.3) is 0 Å². The van der Waals surface area contributed by atoms with Gasteiger partial charge in [0.15, 0.2) is 0 Å². The lowest BCUT2D eigenvalue weighted by Crippen LogP contribution is -2.08. The molecule has 5 nitrogen and oxygen atoms in total. The number of hydrogen-bond donors (Lipinski definition) is 0. The van der Waals surface area contributed by atoms with Crippen molar-refractivity contribution in [1.29, 1.82) is 0 Å². The summed E-state index contributed by atoms with van der Waals surface area (Å²) in [5, 5.41) is 11.0. The Hall–Kier alpha value is -3.31. The van der Waals surface area contributed by atoms with Gasteiger partial charge in [-0.15, -0.1) is 0 Å². The molecule has 0 bridgehead atoms. The highest BCUT2D eigenvalue weighted by atomic mass is 16.6. The molecule has 0 aliphatic carbocycles. The van der Waals surface area contributed by atoms with E-state index in [0.717, 1.165) is 16.8 Å². The molecule has 0 spiro atoms. The molecule has 0 saturated carbocycles. The number of nitro groups is 1. The molecule has 5 rings (SSSR count). The summed E-state index contributed by atoms with van der Waals surface area (Å²) >= 11 is 0. The fraction of sp³-hybridized carbons (Fsp3) is 0.174. The van der Waals surface area contributed by atoms with Crippen molar-refractivity contribution < 1.29 is 4.92 Å². The summed E-state index contributed by atoms with van der Waals surface area (Å²) in [6, 6.07) is 26.1. The molecule has 2 aliphatic rings. The molecule has 0 N–H and O–H groups in total. The molecule has 0 radical (unpaired) electrons. The number of rotatable bonds is 4. The average molecular weight is 369 g/mol. The van der Waals surface area contributed by atoms with Gasteiger partial charge in [-0.2, -0.15) is 0 Å². The van der Waals surface area contributed by atoms with Crippen LogP contribution in [0.3, 0.4) is 0 Å². The Morgan fingerprint density at radius 2 is 1.50 bits per heavy atom. The van der Waals surface area contributed by atoms with E-state index >= 15 is 0 Å². The molecule has 138 valence electrons. The molecule has 2 aliphatic heterocycles. The third kappa shape index (κ3) is 2.72. The number of nitrogens with zero attached hydrogens (tertiary/aromatic N) is 3. The van der Waals surface area contributed by atoms with Crippen LogP contribution in [0, 0.1) is 17.0 Å². The van der Waals surface area contributed by atoms with Gasteiger partial charge in [0.05, 0.1) is 22.7 Å². The third-order valence-electron chi connectivity index (χ3n) is 5.57. The third-order valence-corrected chi connectivity index (χ3v) is 5.57. The van der Waals surface area contributed by atoms with Crippen LogP contribution in [0.5, 0.6) is 0 Å². The van der Waals surface area contributed by atoms with Crippen molar-refractivity contribution in [3.8, 4) is 0 Å². The standard InChI is InChI=1S/C23H19N3O2/c1-15-7-9-18(10-8-15)23-24-20(16-5-3-2-4-6-16)22-21(25(22)23)17-11-13-19(14-12-17)26(27)28/h2-14,21-23H,1H3. The number of hydrogen-bond acceptors (Lipinski definition) is 4. The second-order valence-corrected chi connectivity index (χ2v) is 7.35. The van der Waals surface area contributed by atoms with Crippen molar-refractivity contribution in [2.45, 2.75) is 25.2 Å². The molecule has 28 heavy (non-hydrogen) atoms. The van der Waals surface area contributed by atoms with E-state index in [9.17, 15) is 10.1 Å². The number of nitro benzene ring substituents is 1. The fourth-order valence-corrected chi connectivity index (χ4v) is 4.10. The lowest BCUT2D eigenvalue weighted by molar-refractivity contribution is -0.384. The summed E-state index contributed by atoms with van der Waals surface area (Å²) in [6.45, 7) is 2.08. The number of aryl methyl sites for hydroxylation is 1. The maximum absolute atomic E-state index is 11.0. The molecule has 1 fully saturated rings. The van der Waals surface area contributed by atoms with E-state index in [-0.39, 0.29) is 28.9 Å². The highest BCUT2D eigenvalue weighted by Crippen LogP contribution is 2.55. The summed E-state index contributed by atoms with van der Waals surface area (Å²) in [5.41, 5.74) is 5.84. The Labute approximate surface area is 163 Å². The lowest BCUT2D eigenvalue weighted by Gasteiger charge is -2.14. The van der Waals surface area contributed by atoms with E-state index in [2.05, 4.69) is 48.2 Å². The monoisotopic (exact) mass is 369 g/mol. The number of aliphatic imine (C=N–C) groups is 1. The van der Waals surface area contributed by atoms with Crippen molar-refractivity contribution in [3.63, 3.8) is 0 Å². The Kier molecular flexibility index (Phi) is 3.84. The van der Waals surface area contributed by atoms with Crippen molar-refractivity contribution >= 4 is 11.4 Å². The minimum Gasteiger partial charge on any atom is -0.263 e. The van der Waals surface area contributed by atoms with E-state index in [4.69, 9.17) is 4.99 Å². The second kappa shape index (κ2) is 6.39. The fourth-order valence-electron chi connectivity index (χ4n) is 4.10. The van der Waals surface area contributed by atoms with Gasteiger partial charge in [0.25, 0.3) is 5.69 Å². The zero-order chi connectivity index (χ0) is 19.3. The minimum absolute atomic E-state index is 0.0269. The van der Waals surface area contributed by atoms with E-state index in [1.807, 2.05) is 30.3 Å². The smallest absolute Gasteiger partial charge is 0.263 e. The van der Waals surface area contributed by atoms with Crippen molar-refractivity contribution in [3.05, 3.63) is 111 Å². The van der Waals surface area contributed by atoms with Gasteiger partial charge in [-0.3, -0.25) is 20.0 Å². The van der Waals surface area contributed by atoms with E-state index < -0.39 is 0 Å². The van der Waals surface area contributed by atoms with Crippen molar-refractivity contribution in [2.24, 2.45) is 4.99 Å². The second-order valence-electron chi connectivity index (χ2n) is 7.35. The predicted molar refractivity (Wildman–Crippen MR) is 108 cm³/mol. The quantitative estimate of drug-likeness (QED) is 0.376. The lowest BCUT2D eigenvalue weighted by atomic mass is 10.0. The summed E-state index contributed by atoms with van der Waals surface area (Å²) in [6.07, 6.45) is -0.0269. The largest absolute Gasteiger partial charge is 0.269 e. The summed E-state index contributed by atoms with van der Waals surface area (Å²) < 4.78 is 0. The topological polar surface area (TPSA) is 58.5 Å². The Balaban J connectivity index is 1.53. The SMILES string of the molecule is Cc1ccc(C2N=C(c3ccccc3)C3C(c4ccc([N+](=O)[O-])cc4)N23)cc1. The molecule has 3 aromatic rings. The van der Waals surface area contributed by atoms with Crippen LogP contribution in [0.2, 0.25) is 0 Å². The van der Waals surface area contributed by atoms with E-state index in [0.29, 0.717) is 0 Å². The van der Waals surface area contributed by atoms with Crippen LogP contribution in [-0.4, -0.2) is 21.6 Å². The first-order valence-corrected chi connectivity index (χ1v) is 9.35. The van der Waals surface area contributed by atoms with Gasteiger partial charge in [0.1, 0.15) is 6.17 Å². The highest BCUT2D eigenvalue weighted by Gasteiger charge is 2.59. The summed E-state index contributed by atoms with van der Waals surface area (Å²) in [7, 11) is 0. The maximum Gasteiger partial charge on any atom is 0.269 e. The maximum atomic E-state index is 11.0. The van der Waals surface area contributed by atoms with Gasteiger partial charge in [0, 0.05) is 12.1 Å². The predicted octanol–water partition coefficient (Wildman–Crippen LogP) is 4.83. The van der Waals surface area contributed by atoms with Crippen molar-refractivity contribution in [1.82, 2.24) is 4.90 Å². The molecule has 0 amide bonds. The number of non-ortho nitro benzene ring substituents is 1. The normalized spacial score (nSPS) is 25.1. The zero-order valence-corrected chi connectivity index (χ0v) is 15.4. The van der Waals surface area contributed by atoms with Crippen LogP contribution in [-0.2, 0) is 0 Å². The Morgan fingerprint density at radius 3 is 2.14 bits per heavy atom. The number of fused-ring (bicyclic) bond motifs is 1. The minimum atomic E-state index is -0.357. The Bertz CT molecular complexity index is 1060. The van der Waals surface area contributed by atoms with Gasteiger partial charge < -0.3 is 0 Å². The van der Waals surface area contributed by atoms with Crippen LogP contribution < -0.4 is 0 Å². The summed E-state index contributed by atoms with van der Waals surface area (Å²) in [4.78, 5) is 18.0. The molecule has 4 unspecified atom stereocenters. The van der Waals surface area contributed by atoms with Crippen LogP contribution >= 0.6 is 0 Å². The molecule has 2 heterocycles. The average Bonchev–Trinajstić information content (AvgIpc) is 3.33. The van der Waals surface area contributed by atoms with Crippen LogP contribution in [0.1, 0.15) is 34.5 Å². The first-order valence-electron chi connectivity index (χ1n) is 9.35. The number of benzene rings is 3. The van der Waals surface area contributed by atoms with Crippen LogP contribution in [0.15, 0.2) is 83.9 Å². The molecular formula is C23H19N3O2. The highest BCUT2D eigenvalue weighted by molar-refractivity contribution is 6.08. The van der Waals surface area contributed by atoms with E-state index in [1.54, 1.807) is 12.1 Å².